The van der Waals surface area contributed by atoms with Gasteiger partial charge in [0.1, 0.15) is 5.82 Å². The van der Waals surface area contributed by atoms with Gasteiger partial charge in [-0.2, -0.15) is 0 Å². The van der Waals surface area contributed by atoms with Crippen LogP contribution in [0.25, 0.3) is 5.57 Å². The van der Waals surface area contributed by atoms with Crippen molar-refractivity contribution >= 4 is 34.7 Å². The third-order valence-electron chi connectivity index (χ3n) is 5.21. The largest absolute Gasteiger partial charge is 0.323 e. The van der Waals surface area contributed by atoms with Crippen molar-refractivity contribution in [3.05, 3.63) is 75.0 Å². The first-order valence-corrected chi connectivity index (χ1v) is 9.16. The number of benzene rings is 2. The Hall–Kier alpha value is -1.84. The first-order chi connectivity index (χ1) is 12.2. The fraction of sp³-hybridized carbons (Fsp3) is 0.286. The lowest BCUT2D eigenvalue weighted by atomic mass is 9.91. The summed E-state index contributed by atoms with van der Waals surface area (Å²) in [5.41, 5.74) is 1.86. The van der Waals surface area contributed by atoms with Crippen molar-refractivity contribution in [3.8, 4) is 0 Å². The molecule has 2 nitrogen and oxygen atoms in total. The van der Waals surface area contributed by atoms with Gasteiger partial charge in [-0.3, -0.25) is 4.79 Å². The van der Waals surface area contributed by atoms with Crippen molar-refractivity contribution in [2.45, 2.75) is 39.3 Å². The number of rotatable bonds is 3. The molecule has 2 aromatic carbocycles. The molecule has 0 fully saturated rings. The lowest BCUT2D eigenvalue weighted by Gasteiger charge is -2.40. The van der Waals surface area contributed by atoms with Crippen LogP contribution in [0.5, 0.6) is 0 Å². The van der Waals surface area contributed by atoms with Gasteiger partial charge < -0.3 is 4.90 Å². The van der Waals surface area contributed by atoms with E-state index in [1.807, 2.05) is 33.8 Å². The van der Waals surface area contributed by atoms with Crippen LogP contribution in [-0.2, 0) is 10.3 Å². The van der Waals surface area contributed by atoms with E-state index in [2.05, 4.69) is 0 Å². The Bertz CT molecular complexity index is 920. The zero-order valence-corrected chi connectivity index (χ0v) is 16.6. The minimum atomic E-state index is -0.640. The normalized spacial score (nSPS) is 18.0. The summed E-state index contributed by atoms with van der Waals surface area (Å²) in [4.78, 5) is 15.1. The van der Waals surface area contributed by atoms with Crippen LogP contribution in [0.2, 0.25) is 10.0 Å². The van der Waals surface area contributed by atoms with E-state index in [1.165, 1.54) is 6.07 Å². The summed E-state index contributed by atoms with van der Waals surface area (Å²) in [7, 11) is 0. The fourth-order valence-electron chi connectivity index (χ4n) is 3.61. The van der Waals surface area contributed by atoms with Gasteiger partial charge in [0, 0.05) is 5.56 Å². The molecule has 1 unspecified atom stereocenters. The Balaban J connectivity index is 2.06. The van der Waals surface area contributed by atoms with Crippen LogP contribution in [0.1, 0.15) is 38.8 Å². The Morgan fingerprint density at radius 3 is 2.35 bits per heavy atom. The molecule has 0 spiro atoms. The first kappa shape index (κ1) is 18.9. The zero-order valence-electron chi connectivity index (χ0n) is 15.1. The number of nitrogens with zero attached hydrogens (tertiary/aromatic N) is 1. The van der Waals surface area contributed by atoms with E-state index in [-0.39, 0.29) is 11.9 Å². The zero-order chi connectivity index (χ0) is 19.2. The van der Waals surface area contributed by atoms with E-state index in [0.29, 0.717) is 21.2 Å². The Morgan fingerprint density at radius 2 is 1.73 bits per heavy atom. The van der Waals surface area contributed by atoms with Crippen LogP contribution >= 0.6 is 23.2 Å². The molecule has 1 aliphatic heterocycles. The molecule has 26 heavy (non-hydrogen) atoms. The highest BCUT2D eigenvalue weighted by atomic mass is 35.5. The number of amides is 1. The second-order valence-corrected chi connectivity index (χ2v) is 7.89. The Kier molecular flexibility index (Phi) is 4.89. The molecule has 0 bridgehead atoms. The molecule has 0 saturated carbocycles. The standard InChI is InChI=1S/C21H20Cl2FNO/c1-12-13(2)25(20(26)19(12)15-7-5-6-8-18(15)24)21(3,4)14-9-10-16(22)17(23)11-14/h5-11,13H,1-4H3. The Morgan fingerprint density at radius 1 is 1.08 bits per heavy atom. The van der Waals surface area contributed by atoms with E-state index < -0.39 is 11.4 Å². The third-order valence-corrected chi connectivity index (χ3v) is 5.95. The van der Waals surface area contributed by atoms with Crippen molar-refractivity contribution in [2.75, 3.05) is 0 Å². The second-order valence-electron chi connectivity index (χ2n) is 7.08. The molecule has 5 heteroatoms. The van der Waals surface area contributed by atoms with Crippen LogP contribution in [0.3, 0.4) is 0 Å². The van der Waals surface area contributed by atoms with Gasteiger partial charge in [0.2, 0.25) is 0 Å². The molecule has 0 N–H and O–H groups in total. The predicted molar refractivity (Wildman–Crippen MR) is 105 cm³/mol. The van der Waals surface area contributed by atoms with Crippen LogP contribution in [0.15, 0.2) is 48.0 Å². The smallest absolute Gasteiger partial charge is 0.255 e. The summed E-state index contributed by atoms with van der Waals surface area (Å²) in [5, 5.41) is 0.906. The highest BCUT2D eigenvalue weighted by molar-refractivity contribution is 6.42. The minimum absolute atomic E-state index is 0.165. The molecule has 1 heterocycles. The van der Waals surface area contributed by atoms with Crippen molar-refractivity contribution in [1.82, 2.24) is 4.90 Å². The topological polar surface area (TPSA) is 20.3 Å². The lowest BCUT2D eigenvalue weighted by molar-refractivity contribution is -0.130. The molecular weight excluding hydrogens is 372 g/mol. The van der Waals surface area contributed by atoms with Gasteiger partial charge in [0.05, 0.1) is 27.2 Å². The summed E-state index contributed by atoms with van der Waals surface area (Å²) in [6, 6.07) is 11.6. The van der Waals surface area contributed by atoms with Gasteiger partial charge in [-0.15, -0.1) is 0 Å². The van der Waals surface area contributed by atoms with Gasteiger partial charge in [-0.1, -0.05) is 47.5 Å². The summed E-state index contributed by atoms with van der Waals surface area (Å²) >= 11 is 12.2. The highest BCUT2D eigenvalue weighted by Gasteiger charge is 2.44. The molecule has 2 aromatic rings. The number of carbonyl (C=O) groups excluding carboxylic acids is 1. The molecule has 1 atom stereocenters. The minimum Gasteiger partial charge on any atom is -0.323 e. The molecule has 1 amide bonds. The van der Waals surface area contributed by atoms with Gasteiger partial charge in [0.25, 0.3) is 5.91 Å². The lowest BCUT2D eigenvalue weighted by Crippen LogP contribution is -2.47. The maximum atomic E-state index is 14.3. The SMILES string of the molecule is CC1=C(c2ccccc2F)C(=O)N(C(C)(C)c2ccc(Cl)c(Cl)c2)C1C. The third kappa shape index (κ3) is 2.93. The molecule has 136 valence electrons. The van der Waals surface area contributed by atoms with Crippen LogP contribution in [-0.4, -0.2) is 16.8 Å². The molecular formula is C21H20Cl2FNO. The maximum absolute atomic E-state index is 14.3. The fourth-order valence-corrected chi connectivity index (χ4v) is 3.91. The van der Waals surface area contributed by atoms with Gasteiger partial charge >= 0.3 is 0 Å². The van der Waals surface area contributed by atoms with Crippen LogP contribution in [0, 0.1) is 5.82 Å². The average molecular weight is 392 g/mol. The summed E-state index contributed by atoms with van der Waals surface area (Å²) < 4.78 is 14.3. The van der Waals surface area contributed by atoms with Gasteiger partial charge in [-0.25, -0.2) is 4.39 Å². The van der Waals surface area contributed by atoms with Gasteiger partial charge in [-0.05, 0) is 57.0 Å². The van der Waals surface area contributed by atoms with Crippen LogP contribution < -0.4 is 0 Å². The van der Waals surface area contributed by atoms with Crippen molar-refractivity contribution in [1.29, 1.82) is 0 Å². The second kappa shape index (κ2) is 6.71. The summed E-state index contributed by atoms with van der Waals surface area (Å²) in [6.07, 6.45) is 0. The Labute approximate surface area is 163 Å². The summed E-state index contributed by atoms with van der Waals surface area (Å²) in [5.74, 6) is -0.576. The number of halogens is 3. The van der Waals surface area contributed by atoms with Crippen LogP contribution in [0.4, 0.5) is 4.39 Å². The molecule has 0 radical (unpaired) electrons. The van der Waals surface area contributed by atoms with E-state index in [9.17, 15) is 9.18 Å². The van der Waals surface area contributed by atoms with E-state index in [1.54, 1.807) is 35.2 Å². The monoisotopic (exact) mass is 391 g/mol. The highest BCUT2D eigenvalue weighted by Crippen LogP contribution is 2.42. The molecule has 0 saturated heterocycles. The molecule has 3 rings (SSSR count). The molecule has 0 aliphatic carbocycles. The molecule has 1 aliphatic rings. The number of carbonyl (C=O) groups is 1. The number of hydrogen-bond donors (Lipinski definition) is 0. The summed E-state index contributed by atoms with van der Waals surface area (Å²) in [6.45, 7) is 7.76. The molecule has 0 aromatic heterocycles. The van der Waals surface area contributed by atoms with Crippen molar-refractivity contribution in [3.63, 3.8) is 0 Å². The number of hydrogen-bond acceptors (Lipinski definition) is 1. The first-order valence-electron chi connectivity index (χ1n) is 8.41. The van der Waals surface area contributed by atoms with Crippen molar-refractivity contribution in [2.24, 2.45) is 0 Å². The predicted octanol–water partition coefficient (Wildman–Crippen LogP) is 6.07. The van der Waals surface area contributed by atoms with E-state index >= 15 is 0 Å². The van der Waals surface area contributed by atoms with E-state index in [4.69, 9.17) is 23.2 Å². The average Bonchev–Trinajstić information content (AvgIpc) is 2.80. The quantitative estimate of drug-likeness (QED) is 0.621. The van der Waals surface area contributed by atoms with Gasteiger partial charge in [0.15, 0.2) is 0 Å². The maximum Gasteiger partial charge on any atom is 0.255 e. The van der Waals surface area contributed by atoms with Crippen molar-refractivity contribution < 1.29 is 9.18 Å². The van der Waals surface area contributed by atoms with E-state index in [0.717, 1.165) is 11.1 Å².